The molecule has 216 valence electrons. The van der Waals surface area contributed by atoms with E-state index in [4.69, 9.17) is 25.0 Å². The van der Waals surface area contributed by atoms with E-state index in [2.05, 4.69) is 29.2 Å². The van der Waals surface area contributed by atoms with Crippen molar-refractivity contribution in [2.24, 2.45) is 35.3 Å². The van der Waals surface area contributed by atoms with Crippen LogP contribution in [0.5, 0.6) is 5.75 Å². The number of piperidine rings is 1. The van der Waals surface area contributed by atoms with Gasteiger partial charge in [0.15, 0.2) is 0 Å². The Hall–Kier alpha value is -1.67. The van der Waals surface area contributed by atoms with Gasteiger partial charge < -0.3 is 20.1 Å². The van der Waals surface area contributed by atoms with Crippen LogP contribution in [-0.4, -0.2) is 56.0 Å². The Labute approximate surface area is 234 Å². The summed E-state index contributed by atoms with van der Waals surface area (Å²) in [4.78, 5) is 26.2. The van der Waals surface area contributed by atoms with E-state index in [1.165, 1.54) is 37.7 Å². The van der Waals surface area contributed by atoms with E-state index in [-0.39, 0.29) is 17.9 Å². The fraction of sp³-hybridized carbons (Fsp3) is 0.781. The molecule has 5 saturated carbocycles. The summed E-state index contributed by atoms with van der Waals surface area (Å²) in [5.41, 5.74) is 6.83. The number of likely N-dealkylation sites (tertiary alicyclic amines) is 1. The van der Waals surface area contributed by atoms with Crippen molar-refractivity contribution in [2.75, 3.05) is 33.4 Å². The average Bonchev–Trinajstić information content (AvgIpc) is 2.96. The first-order valence-electron chi connectivity index (χ1n) is 15.7. The van der Waals surface area contributed by atoms with E-state index in [1.807, 2.05) is 7.11 Å². The average molecular weight is 541 g/mol. The Bertz CT molecular complexity index is 924. The van der Waals surface area contributed by atoms with Crippen molar-refractivity contribution in [1.82, 2.24) is 4.90 Å². The molecule has 7 heteroatoms. The molecule has 7 rings (SSSR count). The summed E-state index contributed by atoms with van der Waals surface area (Å²) in [6, 6.07) is 8.71. The van der Waals surface area contributed by atoms with Crippen molar-refractivity contribution in [1.29, 1.82) is 0 Å². The number of hydrogen-bond acceptors (Lipinski definition) is 6. The van der Waals surface area contributed by atoms with Gasteiger partial charge in [-0.2, -0.15) is 0 Å². The number of nitrogens with two attached hydrogens (primary N) is 1. The van der Waals surface area contributed by atoms with Crippen molar-refractivity contribution < 1.29 is 24.0 Å². The fourth-order valence-corrected chi connectivity index (χ4v) is 8.74. The van der Waals surface area contributed by atoms with Crippen molar-refractivity contribution in [3.63, 3.8) is 0 Å². The van der Waals surface area contributed by atoms with E-state index in [0.29, 0.717) is 24.4 Å². The predicted molar refractivity (Wildman–Crippen MR) is 149 cm³/mol. The van der Waals surface area contributed by atoms with Gasteiger partial charge in [-0.25, -0.2) is 9.78 Å². The Balaban J connectivity index is 0.899. The van der Waals surface area contributed by atoms with Gasteiger partial charge in [0.05, 0.1) is 12.7 Å². The van der Waals surface area contributed by atoms with Gasteiger partial charge in [-0.05, 0) is 126 Å². The third kappa shape index (κ3) is 6.02. The second kappa shape index (κ2) is 12.1. The SMILES string of the molecule is COC1(OOC2CCC(c3ccc(OCCCN4CCC(C(N)=O)CC4)cc3)CC2)C2CC3CC(C2)CC1C3. The monoisotopic (exact) mass is 540 g/mol. The summed E-state index contributed by atoms with van der Waals surface area (Å²) < 4.78 is 12.1. The predicted octanol–water partition coefficient (Wildman–Crippen LogP) is 5.43. The standard InChI is InChI=1S/C32H48N2O5/c1-36-32(27-18-22-17-23(20-27)21-28(32)19-22)39-38-30-9-5-25(6-10-30)24-3-7-29(8-4-24)37-16-2-13-34-14-11-26(12-15-34)31(33)35/h3-4,7-8,22-23,25-28,30H,2,5-6,9-21H2,1H3,(H2,33,35). The number of rotatable bonds is 11. The Kier molecular flexibility index (Phi) is 8.50. The number of methoxy groups -OCH3 is 1. The third-order valence-corrected chi connectivity index (χ3v) is 10.8. The largest absolute Gasteiger partial charge is 0.494 e. The van der Waals surface area contributed by atoms with Crippen LogP contribution in [0.4, 0.5) is 0 Å². The molecule has 0 spiro atoms. The molecular formula is C32H48N2O5. The van der Waals surface area contributed by atoms with E-state index in [0.717, 1.165) is 82.2 Å². The van der Waals surface area contributed by atoms with Crippen LogP contribution < -0.4 is 10.5 Å². The van der Waals surface area contributed by atoms with E-state index in [1.54, 1.807) is 0 Å². The first-order chi connectivity index (χ1) is 19.0. The molecule has 7 nitrogen and oxygen atoms in total. The van der Waals surface area contributed by atoms with Crippen LogP contribution in [0, 0.1) is 29.6 Å². The van der Waals surface area contributed by atoms with Crippen molar-refractivity contribution in [3.8, 4) is 5.75 Å². The van der Waals surface area contributed by atoms with Crippen LogP contribution in [0.2, 0.25) is 0 Å². The molecule has 1 aromatic rings. The molecular weight excluding hydrogens is 492 g/mol. The van der Waals surface area contributed by atoms with Crippen LogP contribution in [0.25, 0.3) is 0 Å². The van der Waals surface area contributed by atoms with Gasteiger partial charge in [-0.15, -0.1) is 0 Å². The highest BCUT2D eigenvalue weighted by atomic mass is 17.2. The van der Waals surface area contributed by atoms with Crippen LogP contribution in [0.3, 0.4) is 0 Å². The molecule has 0 radical (unpaired) electrons. The second-order valence-electron chi connectivity index (χ2n) is 13.2. The fourth-order valence-electron chi connectivity index (χ4n) is 8.74. The zero-order chi connectivity index (χ0) is 26.8. The summed E-state index contributed by atoms with van der Waals surface area (Å²) in [5.74, 6) is 3.66. The summed E-state index contributed by atoms with van der Waals surface area (Å²) in [7, 11) is 1.83. The van der Waals surface area contributed by atoms with E-state index >= 15 is 0 Å². The number of benzene rings is 1. The highest BCUT2D eigenvalue weighted by Gasteiger charge is 2.60. The Morgan fingerprint density at radius 2 is 1.56 bits per heavy atom. The summed E-state index contributed by atoms with van der Waals surface area (Å²) in [6.07, 6.45) is 13.6. The molecule has 2 N–H and O–H groups in total. The number of primary amides is 1. The molecule has 1 saturated heterocycles. The lowest BCUT2D eigenvalue weighted by Gasteiger charge is -2.58. The van der Waals surface area contributed by atoms with Crippen LogP contribution >= 0.6 is 0 Å². The number of ether oxygens (including phenoxy) is 2. The molecule has 0 atom stereocenters. The lowest BCUT2D eigenvalue weighted by atomic mass is 9.53. The second-order valence-corrected chi connectivity index (χ2v) is 13.2. The molecule has 1 heterocycles. The summed E-state index contributed by atoms with van der Waals surface area (Å²) >= 11 is 0. The Morgan fingerprint density at radius 1 is 0.923 bits per heavy atom. The van der Waals surface area contributed by atoms with Crippen LogP contribution in [-0.2, 0) is 19.3 Å². The van der Waals surface area contributed by atoms with Crippen molar-refractivity contribution in [3.05, 3.63) is 29.8 Å². The molecule has 5 aliphatic carbocycles. The molecule has 0 aromatic heterocycles. The zero-order valence-corrected chi connectivity index (χ0v) is 23.7. The third-order valence-electron chi connectivity index (χ3n) is 10.8. The molecule has 6 fully saturated rings. The number of carbonyl (C=O) groups is 1. The molecule has 1 aliphatic heterocycles. The van der Waals surface area contributed by atoms with Crippen molar-refractivity contribution in [2.45, 2.75) is 94.9 Å². The van der Waals surface area contributed by atoms with Gasteiger partial charge in [0.1, 0.15) is 5.75 Å². The van der Waals surface area contributed by atoms with Gasteiger partial charge >= 0.3 is 0 Å². The molecule has 1 amide bonds. The first-order valence-corrected chi connectivity index (χ1v) is 15.7. The van der Waals surface area contributed by atoms with Crippen LogP contribution in [0.1, 0.15) is 88.5 Å². The molecule has 6 aliphatic rings. The van der Waals surface area contributed by atoms with Crippen molar-refractivity contribution >= 4 is 5.91 Å². The number of hydrogen-bond donors (Lipinski definition) is 1. The molecule has 4 bridgehead atoms. The van der Waals surface area contributed by atoms with Gasteiger partial charge in [-0.1, -0.05) is 12.1 Å². The van der Waals surface area contributed by atoms with Gasteiger partial charge in [0.2, 0.25) is 11.7 Å². The number of carbonyl (C=O) groups excluding carboxylic acids is 1. The molecule has 1 aromatic carbocycles. The highest BCUT2D eigenvalue weighted by molar-refractivity contribution is 5.76. The highest BCUT2D eigenvalue weighted by Crippen LogP contribution is 2.60. The first kappa shape index (κ1) is 27.5. The van der Waals surface area contributed by atoms with Crippen LogP contribution in [0.15, 0.2) is 24.3 Å². The minimum Gasteiger partial charge on any atom is -0.494 e. The summed E-state index contributed by atoms with van der Waals surface area (Å²) in [5, 5.41) is 0. The lowest BCUT2D eigenvalue weighted by Crippen LogP contribution is -2.60. The van der Waals surface area contributed by atoms with Gasteiger partial charge in [0.25, 0.3) is 0 Å². The number of nitrogens with zero attached hydrogens (tertiary/aromatic N) is 1. The smallest absolute Gasteiger partial charge is 0.220 e. The Morgan fingerprint density at radius 3 is 2.15 bits per heavy atom. The van der Waals surface area contributed by atoms with E-state index in [9.17, 15) is 4.79 Å². The summed E-state index contributed by atoms with van der Waals surface area (Å²) in [6.45, 7) is 3.63. The molecule has 0 unspecified atom stereocenters. The van der Waals surface area contributed by atoms with Gasteiger partial charge in [0, 0.05) is 31.4 Å². The maximum atomic E-state index is 11.3. The quantitative estimate of drug-likeness (QED) is 0.175. The van der Waals surface area contributed by atoms with E-state index < -0.39 is 5.79 Å². The maximum absolute atomic E-state index is 11.3. The van der Waals surface area contributed by atoms with Gasteiger partial charge in [-0.3, -0.25) is 4.79 Å². The maximum Gasteiger partial charge on any atom is 0.220 e. The zero-order valence-electron chi connectivity index (χ0n) is 23.7. The normalized spacial score (nSPS) is 36.7. The number of amides is 1. The molecule has 39 heavy (non-hydrogen) atoms. The lowest BCUT2D eigenvalue weighted by molar-refractivity contribution is -0.485. The minimum absolute atomic E-state index is 0.0568. The topological polar surface area (TPSA) is 83.2 Å². The minimum atomic E-state index is -0.512.